The number of hydrogen-bond acceptors (Lipinski definition) is 7. The van der Waals surface area contributed by atoms with Crippen LogP contribution in [-0.4, -0.2) is 55.0 Å². The van der Waals surface area contributed by atoms with Gasteiger partial charge in [-0.2, -0.15) is 0 Å². The minimum absolute atomic E-state index is 0.0270. The molecule has 1 saturated heterocycles. The van der Waals surface area contributed by atoms with E-state index < -0.39 is 16.8 Å². The fourth-order valence-electron chi connectivity index (χ4n) is 4.29. The topological polar surface area (TPSA) is 105 Å². The summed E-state index contributed by atoms with van der Waals surface area (Å²) < 4.78 is 4.65. The molecule has 0 spiro atoms. The molecule has 3 aromatic rings. The van der Waals surface area contributed by atoms with Gasteiger partial charge in [0.25, 0.3) is 11.6 Å². The fourth-order valence-corrected chi connectivity index (χ4v) is 4.29. The highest BCUT2D eigenvalue weighted by Gasteiger charge is 2.20. The highest BCUT2D eigenvalue weighted by molar-refractivity contribution is 5.98. The number of amides is 1. The predicted octanol–water partition coefficient (Wildman–Crippen LogP) is 3.63. The van der Waals surface area contributed by atoms with Crippen molar-refractivity contribution < 1.29 is 19.2 Å². The van der Waals surface area contributed by atoms with Crippen LogP contribution in [0.25, 0.3) is 0 Å². The average Bonchev–Trinajstić information content (AvgIpc) is 2.92. The number of nitro benzene ring substituents is 1. The minimum atomic E-state index is -0.745. The number of piperazine rings is 1. The van der Waals surface area contributed by atoms with Crippen molar-refractivity contribution in [2.45, 2.75) is 13.1 Å². The Kier molecular flexibility index (Phi) is 7.92. The Bertz CT molecular complexity index is 1240. The fraction of sp³-hybridized carbons (Fsp3) is 0.259. The average molecular weight is 489 g/mol. The number of esters is 1. The van der Waals surface area contributed by atoms with E-state index in [1.807, 2.05) is 30.3 Å². The SMILES string of the molecule is COC(=O)c1cc(C(=O)NCc2ccccc2CN2CCN(c3ccccc3)CC2)cc([N+](=O)[O-])c1. The lowest BCUT2D eigenvalue weighted by atomic mass is 10.1. The van der Waals surface area contributed by atoms with E-state index in [2.05, 4.69) is 44.1 Å². The van der Waals surface area contributed by atoms with Crippen LogP contribution in [0.15, 0.2) is 72.8 Å². The number of non-ortho nitro benzene ring substituents is 1. The second-order valence-corrected chi connectivity index (χ2v) is 8.57. The molecule has 1 fully saturated rings. The molecule has 186 valence electrons. The summed E-state index contributed by atoms with van der Waals surface area (Å²) in [5.74, 6) is -1.25. The number of ether oxygens (including phenoxy) is 1. The van der Waals surface area contributed by atoms with Crippen LogP contribution in [0.5, 0.6) is 0 Å². The molecular formula is C27H28N4O5. The summed E-state index contributed by atoms with van der Waals surface area (Å²) in [6, 6.07) is 21.8. The number of nitrogens with one attached hydrogen (secondary N) is 1. The van der Waals surface area contributed by atoms with Crippen LogP contribution >= 0.6 is 0 Å². The number of para-hydroxylation sites is 1. The van der Waals surface area contributed by atoms with E-state index >= 15 is 0 Å². The molecule has 1 heterocycles. The summed E-state index contributed by atoms with van der Waals surface area (Å²) in [5, 5.41) is 14.1. The van der Waals surface area contributed by atoms with Crippen LogP contribution in [0.4, 0.5) is 11.4 Å². The van der Waals surface area contributed by atoms with Gasteiger partial charge in [0.05, 0.1) is 17.6 Å². The number of carbonyl (C=O) groups excluding carboxylic acids is 2. The van der Waals surface area contributed by atoms with E-state index in [9.17, 15) is 19.7 Å². The molecule has 1 aliphatic heterocycles. The number of benzene rings is 3. The molecule has 0 unspecified atom stereocenters. The molecule has 1 amide bonds. The lowest BCUT2D eigenvalue weighted by molar-refractivity contribution is -0.384. The smallest absolute Gasteiger partial charge is 0.338 e. The van der Waals surface area contributed by atoms with Gasteiger partial charge >= 0.3 is 5.97 Å². The molecule has 9 nitrogen and oxygen atoms in total. The molecule has 0 aliphatic carbocycles. The first-order valence-corrected chi connectivity index (χ1v) is 11.7. The predicted molar refractivity (Wildman–Crippen MR) is 136 cm³/mol. The Morgan fingerprint density at radius 3 is 2.22 bits per heavy atom. The molecular weight excluding hydrogens is 460 g/mol. The molecule has 0 saturated carbocycles. The van der Waals surface area contributed by atoms with Crippen LogP contribution in [-0.2, 0) is 17.8 Å². The Labute approximate surface area is 209 Å². The van der Waals surface area contributed by atoms with E-state index in [4.69, 9.17) is 0 Å². The van der Waals surface area contributed by atoms with Gasteiger partial charge < -0.3 is 15.0 Å². The van der Waals surface area contributed by atoms with E-state index in [0.717, 1.165) is 56.0 Å². The third-order valence-electron chi connectivity index (χ3n) is 6.26. The Hall–Kier alpha value is -4.24. The summed E-state index contributed by atoms with van der Waals surface area (Å²) in [5.41, 5.74) is 2.94. The quantitative estimate of drug-likeness (QED) is 0.293. The largest absolute Gasteiger partial charge is 0.465 e. The third kappa shape index (κ3) is 6.05. The van der Waals surface area contributed by atoms with Crippen molar-refractivity contribution in [2.75, 3.05) is 38.2 Å². The molecule has 1 N–H and O–H groups in total. The summed E-state index contributed by atoms with van der Waals surface area (Å²) in [7, 11) is 1.18. The minimum Gasteiger partial charge on any atom is -0.465 e. The van der Waals surface area contributed by atoms with E-state index in [0.29, 0.717) is 0 Å². The van der Waals surface area contributed by atoms with Crippen molar-refractivity contribution in [2.24, 2.45) is 0 Å². The molecule has 0 aromatic heterocycles. The molecule has 1 aliphatic rings. The van der Waals surface area contributed by atoms with Gasteiger partial charge in [0.2, 0.25) is 0 Å². The van der Waals surface area contributed by atoms with Gasteiger partial charge in [-0.3, -0.25) is 19.8 Å². The zero-order valence-corrected chi connectivity index (χ0v) is 20.1. The first-order chi connectivity index (χ1) is 17.4. The highest BCUT2D eigenvalue weighted by Crippen LogP contribution is 2.20. The number of carbonyl (C=O) groups is 2. The summed E-state index contributed by atoms with van der Waals surface area (Å²) in [6.45, 7) is 4.77. The van der Waals surface area contributed by atoms with Gasteiger partial charge in [-0.05, 0) is 29.3 Å². The molecule has 4 rings (SSSR count). The number of methoxy groups -OCH3 is 1. The van der Waals surface area contributed by atoms with E-state index in [-0.39, 0.29) is 23.4 Å². The van der Waals surface area contributed by atoms with Crippen molar-refractivity contribution in [3.8, 4) is 0 Å². The van der Waals surface area contributed by atoms with Crippen molar-refractivity contribution in [1.82, 2.24) is 10.2 Å². The van der Waals surface area contributed by atoms with Crippen LogP contribution in [0.3, 0.4) is 0 Å². The molecule has 9 heteroatoms. The first-order valence-electron chi connectivity index (χ1n) is 11.7. The second kappa shape index (κ2) is 11.5. The van der Waals surface area contributed by atoms with E-state index in [1.54, 1.807) is 0 Å². The number of nitrogens with zero attached hydrogens (tertiary/aromatic N) is 3. The van der Waals surface area contributed by atoms with Crippen LogP contribution < -0.4 is 10.2 Å². The normalized spacial score (nSPS) is 13.8. The van der Waals surface area contributed by atoms with Crippen molar-refractivity contribution in [3.63, 3.8) is 0 Å². The van der Waals surface area contributed by atoms with Gasteiger partial charge in [-0.15, -0.1) is 0 Å². The van der Waals surface area contributed by atoms with Crippen molar-refractivity contribution in [3.05, 3.63) is 105 Å². The maximum Gasteiger partial charge on any atom is 0.338 e. The Balaban J connectivity index is 1.40. The molecule has 0 radical (unpaired) electrons. The maximum absolute atomic E-state index is 12.8. The zero-order chi connectivity index (χ0) is 25.5. The van der Waals surface area contributed by atoms with Crippen LogP contribution in [0.1, 0.15) is 31.8 Å². The van der Waals surface area contributed by atoms with Crippen LogP contribution in [0, 0.1) is 10.1 Å². The van der Waals surface area contributed by atoms with Gasteiger partial charge in [0, 0.05) is 62.7 Å². The molecule has 0 bridgehead atoms. The summed E-state index contributed by atoms with van der Waals surface area (Å²) >= 11 is 0. The molecule has 36 heavy (non-hydrogen) atoms. The maximum atomic E-state index is 12.8. The number of rotatable bonds is 8. The standard InChI is InChI=1S/C27H28N4O5/c1-36-27(33)23-15-22(16-25(17-23)31(34)35)26(32)28-18-20-7-5-6-8-21(20)19-29-11-13-30(14-12-29)24-9-3-2-4-10-24/h2-10,15-17H,11-14,18-19H2,1H3,(H,28,32). The summed E-state index contributed by atoms with van der Waals surface area (Å²) in [4.78, 5) is 40.1. The van der Waals surface area contributed by atoms with Gasteiger partial charge in [-0.25, -0.2) is 4.79 Å². The molecule has 0 atom stereocenters. The summed E-state index contributed by atoms with van der Waals surface area (Å²) in [6.07, 6.45) is 0. The van der Waals surface area contributed by atoms with Crippen LogP contribution in [0.2, 0.25) is 0 Å². The highest BCUT2D eigenvalue weighted by atomic mass is 16.6. The lowest BCUT2D eigenvalue weighted by Crippen LogP contribution is -2.46. The van der Waals surface area contributed by atoms with Gasteiger partial charge in [-0.1, -0.05) is 42.5 Å². The second-order valence-electron chi connectivity index (χ2n) is 8.57. The number of anilines is 1. The number of nitro groups is 1. The third-order valence-corrected chi connectivity index (χ3v) is 6.26. The Morgan fingerprint density at radius 2 is 1.56 bits per heavy atom. The monoisotopic (exact) mass is 488 g/mol. The van der Waals surface area contributed by atoms with Gasteiger partial charge in [0.1, 0.15) is 0 Å². The number of hydrogen-bond donors (Lipinski definition) is 1. The van der Waals surface area contributed by atoms with Gasteiger partial charge in [0.15, 0.2) is 0 Å². The first kappa shape index (κ1) is 24.9. The molecule has 3 aromatic carbocycles. The zero-order valence-electron chi connectivity index (χ0n) is 20.1. The lowest BCUT2D eigenvalue weighted by Gasteiger charge is -2.36. The Morgan fingerprint density at radius 1 is 0.917 bits per heavy atom. The van der Waals surface area contributed by atoms with E-state index in [1.165, 1.54) is 18.9 Å². The van der Waals surface area contributed by atoms with Crippen molar-refractivity contribution in [1.29, 1.82) is 0 Å². The van der Waals surface area contributed by atoms with Crippen molar-refractivity contribution >= 4 is 23.3 Å².